The Morgan fingerprint density at radius 2 is 1.94 bits per heavy atom. The van der Waals surface area contributed by atoms with Crippen molar-refractivity contribution in [3.63, 3.8) is 0 Å². The number of benzene rings is 1. The summed E-state index contributed by atoms with van der Waals surface area (Å²) in [5, 5.41) is 0. The number of ether oxygens (including phenoxy) is 1. The highest BCUT2D eigenvalue weighted by atomic mass is 19.1. The number of hydrogen-bond acceptors (Lipinski definition) is 4. The molecule has 0 saturated carbocycles. The van der Waals surface area contributed by atoms with Gasteiger partial charge in [-0.05, 0) is 19.1 Å². The number of nitrogen functional groups attached to an aromatic ring is 1. The number of nitrogens with zero attached hydrogens (tertiary/aromatic N) is 2. The molecule has 0 atom stereocenters. The van der Waals surface area contributed by atoms with Gasteiger partial charge in [0.15, 0.2) is 0 Å². The molecule has 0 fully saturated rings. The monoisotopic (exact) mass is 219 g/mol. The predicted octanol–water partition coefficient (Wildman–Crippen LogP) is 2.30. The molecule has 0 unspecified atom stereocenters. The zero-order chi connectivity index (χ0) is 11.5. The maximum atomic E-state index is 13.2. The van der Waals surface area contributed by atoms with E-state index in [1.54, 1.807) is 12.1 Å². The second-order valence-corrected chi connectivity index (χ2v) is 3.30. The van der Waals surface area contributed by atoms with Crippen LogP contribution in [0.4, 0.5) is 10.3 Å². The summed E-state index contributed by atoms with van der Waals surface area (Å²) in [7, 11) is 0. The van der Waals surface area contributed by atoms with E-state index >= 15 is 0 Å². The smallest absolute Gasteiger partial charge is 0.260 e. The van der Waals surface area contributed by atoms with Crippen LogP contribution in [0.3, 0.4) is 0 Å². The molecule has 82 valence electrons. The Bertz CT molecular complexity index is 499. The molecule has 0 amide bonds. The maximum Gasteiger partial charge on any atom is 0.260 e. The third-order valence-electron chi connectivity index (χ3n) is 1.97. The largest absolute Gasteiger partial charge is 0.436 e. The number of aryl methyl sites for hydroxylation is 1. The van der Waals surface area contributed by atoms with Crippen LogP contribution < -0.4 is 10.5 Å². The summed E-state index contributed by atoms with van der Waals surface area (Å²) in [6, 6.07) is 7.18. The van der Waals surface area contributed by atoms with Gasteiger partial charge in [-0.1, -0.05) is 17.7 Å². The van der Waals surface area contributed by atoms with E-state index in [9.17, 15) is 4.39 Å². The maximum absolute atomic E-state index is 13.2. The van der Waals surface area contributed by atoms with Crippen molar-refractivity contribution in [3.8, 4) is 11.6 Å². The molecule has 0 aliphatic heterocycles. The van der Waals surface area contributed by atoms with Crippen molar-refractivity contribution in [1.82, 2.24) is 9.97 Å². The van der Waals surface area contributed by atoms with E-state index < -0.39 is 5.82 Å². The Morgan fingerprint density at radius 1 is 1.25 bits per heavy atom. The highest BCUT2D eigenvalue weighted by Crippen LogP contribution is 2.22. The van der Waals surface area contributed by atoms with E-state index in [1.165, 1.54) is 0 Å². The Hall–Kier alpha value is -2.17. The first-order chi connectivity index (χ1) is 7.65. The second kappa shape index (κ2) is 4.14. The summed E-state index contributed by atoms with van der Waals surface area (Å²) in [5.74, 6) is -0.336. The van der Waals surface area contributed by atoms with Crippen molar-refractivity contribution in [3.05, 3.63) is 41.8 Å². The van der Waals surface area contributed by atoms with Crippen LogP contribution in [-0.2, 0) is 0 Å². The summed E-state index contributed by atoms with van der Waals surface area (Å²) < 4.78 is 18.5. The molecule has 0 radical (unpaired) electrons. The highest BCUT2D eigenvalue weighted by molar-refractivity contribution is 5.31. The molecule has 0 spiro atoms. The van der Waals surface area contributed by atoms with Crippen LogP contribution in [-0.4, -0.2) is 9.97 Å². The summed E-state index contributed by atoms with van der Waals surface area (Å²) in [6.07, 6.45) is 0.978. The molecule has 5 heteroatoms. The molecular weight excluding hydrogens is 209 g/mol. The van der Waals surface area contributed by atoms with E-state index in [4.69, 9.17) is 10.5 Å². The van der Waals surface area contributed by atoms with Gasteiger partial charge in [0.25, 0.3) is 5.88 Å². The number of anilines is 1. The van der Waals surface area contributed by atoms with Crippen molar-refractivity contribution >= 4 is 5.95 Å². The van der Waals surface area contributed by atoms with E-state index in [0.29, 0.717) is 5.75 Å². The molecule has 0 saturated heterocycles. The molecule has 0 bridgehead atoms. The van der Waals surface area contributed by atoms with Crippen LogP contribution in [0.15, 0.2) is 30.5 Å². The van der Waals surface area contributed by atoms with E-state index in [-0.39, 0.29) is 11.8 Å². The van der Waals surface area contributed by atoms with Gasteiger partial charge in [-0.25, -0.2) is 4.98 Å². The van der Waals surface area contributed by atoms with E-state index in [0.717, 1.165) is 11.8 Å². The van der Waals surface area contributed by atoms with Crippen LogP contribution in [0.1, 0.15) is 5.56 Å². The average molecular weight is 219 g/mol. The summed E-state index contributed by atoms with van der Waals surface area (Å²) >= 11 is 0. The van der Waals surface area contributed by atoms with Crippen molar-refractivity contribution in [2.24, 2.45) is 0 Å². The molecule has 16 heavy (non-hydrogen) atoms. The minimum atomic E-state index is -0.644. The van der Waals surface area contributed by atoms with Gasteiger partial charge < -0.3 is 10.5 Å². The molecule has 1 aromatic carbocycles. The van der Waals surface area contributed by atoms with Crippen molar-refractivity contribution in [2.45, 2.75) is 6.92 Å². The van der Waals surface area contributed by atoms with Gasteiger partial charge >= 0.3 is 0 Å². The topological polar surface area (TPSA) is 61.0 Å². The number of nitrogens with two attached hydrogens (primary N) is 1. The molecule has 1 heterocycles. The van der Waals surface area contributed by atoms with Gasteiger partial charge in [0.2, 0.25) is 11.8 Å². The normalized spacial score (nSPS) is 10.1. The number of aromatic nitrogens is 2. The lowest BCUT2D eigenvalue weighted by Gasteiger charge is -2.05. The van der Waals surface area contributed by atoms with Crippen LogP contribution in [0, 0.1) is 12.7 Å². The third kappa shape index (κ3) is 2.25. The number of hydrogen-bond donors (Lipinski definition) is 1. The molecule has 0 aliphatic carbocycles. The van der Waals surface area contributed by atoms with E-state index in [1.807, 2.05) is 19.1 Å². The van der Waals surface area contributed by atoms with Crippen LogP contribution >= 0.6 is 0 Å². The minimum absolute atomic E-state index is 0.0245. The van der Waals surface area contributed by atoms with Crippen molar-refractivity contribution in [2.75, 3.05) is 5.73 Å². The van der Waals surface area contributed by atoms with E-state index in [2.05, 4.69) is 9.97 Å². The summed E-state index contributed by atoms with van der Waals surface area (Å²) in [4.78, 5) is 7.17. The lowest BCUT2D eigenvalue weighted by Crippen LogP contribution is -1.99. The minimum Gasteiger partial charge on any atom is -0.436 e. The first-order valence-corrected chi connectivity index (χ1v) is 4.67. The molecule has 0 aliphatic rings. The Morgan fingerprint density at radius 3 is 2.62 bits per heavy atom. The molecule has 2 rings (SSSR count). The molecule has 2 aromatic rings. The van der Waals surface area contributed by atoms with Gasteiger partial charge in [0, 0.05) is 0 Å². The Kier molecular flexibility index (Phi) is 2.68. The zero-order valence-electron chi connectivity index (χ0n) is 8.64. The highest BCUT2D eigenvalue weighted by Gasteiger charge is 2.07. The lowest BCUT2D eigenvalue weighted by atomic mass is 10.2. The van der Waals surface area contributed by atoms with Gasteiger partial charge in [0.05, 0.1) is 6.20 Å². The zero-order valence-corrected chi connectivity index (χ0v) is 8.64. The molecule has 1 aromatic heterocycles. The lowest BCUT2D eigenvalue weighted by molar-refractivity contribution is 0.421. The first kappa shape index (κ1) is 10.4. The van der Waals surface area contributed by atoms with Gasteiger partial charge in [-0.15, -0.1) is 0 Å². The first-order valence-electron chi connectivity index (χ1n) is 4.67. The van der Waals surface area contributed by atoms with Gasteiger partial charge in [-0.2, -0.15) is 9.37 Å². The fourth-order valence-corrected chi connectivity index (χ4v) is 1.15. The second-order valence-electron chi connectivity index (χ2n) is 3.30. The standard InChI is InChI=1S/C11H10FN3O/c1-7-2-4-8(5-3-7)16-10-9(12)6-14-11(13)15-10/h2-6H,1H3,(H2,13,14,15). The van der Waals surface area contributed by atoms with Gasteiger partial charge in [0.1, 0.15) is 5.75 Å². The number of halogens is 1. The third-order valence-corrected chi connectivity index (χ3v) is 1.97. The van der Waals surface area contributed by atoms with Gasteiger partial charge in [-0.3, -0.25) is 0 Å². The SMILES string of the molecule is Cc1ccc(Oc2nc(N)ncc2F)cc1. The van der Waals surface area contributed by atoms with Crippen LogP contribution in [0.5, 0.6) is 11.6 Å². The Labute approximate surface area is 91.9 Å². The molecule has 4 nitrogen and oxygen atoms in total. The summed E-state index contributed by atoms with van der Waals surface area (Å²) in [5.41, 5.74) is 6.43. The fourth-order valence-electron chi connectivity index (χ4n) is 1.15. The number of rotatable bonds is 2. The van der Waals surface area contributed by atoms with Crippen LogP contribution in [0.2, 0.25) is 0 Å². The fraction of sp³-hybridized carbons (Fsp3) is 0.0909. The van der Waals surface area contributed by atoms with Crippen LogP contribution in [0.25, 0.3) is 0 Å². The van der Waals surface area contributed by atoms with Crippen molar-refractivity contribution < 1.29 is 9.13 Å². The molecule has 2 N–H and O–H groups in total. The predicted molar refractivity (Wildman–Crippen MR) is 57.7 cm³/mol. The molecular formula is C11H10FN3O. The average Bonchev–Trinajstić information content (AvgIpc) is 2.27. The Balaban J connectivity index is 2.26. The quantitative estimate of drug-likeness (QED) is 0.841. The summed E-state index contributed by atoms with van der Waals surface area (Å²) in [6.45, 7) is 1.95. The van der Waals surface area contributed by atoms with Crippen molar-refractivity contribution in [1.29, 1.82) is 0 Å².